The van der Waals surface area contributed by atoms with E-state index in [9.17, 15) is 4.79 Å². The van der Waals surface area contributed by atoms with Crippen molar-refractivity contribution in [2.75, 3.05) is 5.73 Å². The van der Waals surface area contributed by atoms with E-state index in [2.05, 4.69) is 17.2 Å². The number of pyridine rings is 1. The number of unbranched alkanes of at least 4 members (excludes halogenated alkanes) is 1. The molecule has 1 unspecified atom stereocenters. The van der Waals surface area contributed by atoms with Crippen molar-refractivity contribution in [3.05, 3.63) is 23.9 Å². The minimum Gasteiger partial charge on any atom is -0.383 e. The first-order valence-corrected chi connectivity index (χ1v) is 5.66. The van der Waals surface area contributed by atoms with Crippen LogP contribution >= 0.6 is 0 Å². The van der Waals surface area contributed by atoms with E-state index in [1.807, 2.05) is 6.92 Å². The van der Waals surface area contributed by atoms with E-state index in [1.54, 1.807) is 18.3 Å². The van der Waals surface area contributed by atoms with Crippen LogP contribution < -0.4 is 11.1 Å². The summed E-state index contributed by atoms with van der Waals surface area (Å²) in [6.07, 6.45) is 4.81. The summed E-state index contributed by atoms with van der Waals surface area (Å²) in [5, 5.41) is 2.91. The van der Waals surface area contributed by atoms with Gasteiger partial charge < -0.3 is 11.1 Å². The minimum absolute atomic E-state index is 0.144. The van der Waals surface area contributed by atoms with Crippen LogP contribution in [0.25, 0.3) is 0 Å². The maximum atomic E-state index is 11.8. The molecule has 0 radical (unpaired) electrons. The number of aromatic nitrogens is 1. The van der Waals surface area contributed by atoms with Gasteiger partial charge in [0.1, 0.15) is 5.82 Å². The van der Waals surface area contributed by atoms with E-state index < -0.39 is 0 Å². The highest BCUT2D eigenvalue weighted by molar-refractivity contribution is 5.98. The summed E-state index contributed by atoms with van der Waals surface area (Å²) < 4.78 is 0. The summed E-state index contributed by atoms with van der Waals surface area (Å²) >= 11 is 0. The number of hydrogen-bond acceptors (Lipinski definition) is 3. The Labute approximate surface area is 96.3 Å². The number of nitrogens with one attached hydrogen (secondary N) is 1. The van der Waals surface area contributed by atoms with Crippen molar-refractivity contribution in [1.82, 2.24) is 10.3 Å². The Kier molecular flexibility index (Phi) is 4.76. The van der Waals surface area contributed by atoms with Crippen LogP contribution in [0.5, 0.6) is 0 Å². The second kappa shape index (κ2) is 6.10. The molecule has 0 aliphatic carbocycles. The maximum absolute atomic E-state index is 11.8. The second-order valence-electron chi connectivity index (χ2n) is 3.95. The molecule has 0 aromatic carbocycles. The summed E-state index contributed by atoms with van der Waals surface area (Å²) in [5.74, 6) is 0.136. The van der Waals surface area contributed by atoms with Crippen molar-refractivity contribution in [1.29, 1.82) is 0 Å². The Morgan fingerprint density at radius 1 is 1.62 bits per heavy atom. The van der Waals surface area contributed by atoms with E-state index in [-0.39, 0.29) is 17.8 Å². The zero-order chi connectivity index (χ0) is 12.0. The molecule has 0 bridgehead atoms. The monoisotopic (exact) mass is 221 g/mol. The minimum atomic E-state index is -0.144. The van der Waals surface area contributed by atoms with Crippen LogP contribution in [0, 0.1) is 0 Å². The van der Waals surface area contributed by atoms with Crippen molar-refractivity contribution in [3.8, 4) is 0 Å². The lowest BCUT2D eigenvalue weighted by molar-refractivity contribution is 0.0938. The van der Waals surface area contributed by atoms with Gasteiger partial charge in [0.05, 0.1) is 5.56 Å². The Morgan fingerprint density at radius 2 is 2.38 bits per heavy atom. The molecule has 88 valence electrons. The molecule has 0 saturated carbocycles. The number of anilines is 1. The highest BCUT2D eigenvalue weighted by atomic mass is 16.1. The third-order valence-electron chi connectivity index (χ3n) is 2.45. The molecule has 1 aromatic heterocycles. The number of nitrogens with zero attached hydrogens (tertiary/aromatic N) is 1. The van der Waals surface area contributed by atoms with Crippen LogP contribution in [0.4, 0.5) is 5.82 Å². The molecule has 3 N–H and O–H groups in total. The molecule has 0 fully saturated rings. The number of carbonyl (C=O) groups is 1. The van der Waals surface area contributed by atoms with Crippen LogP contribution in [0.2, 0.25) is 0 Å². The van der Waals surface area contributed by atoms with Crippen LogP contribution in [0.1, 0.15) is 43.5 Å². The van der Waals surface area contributed by atoms with Crippen molar-refractivity contribution in [2.45, 2.75) is 39.2 Å². The van der Waals surface area contributed by atoms with Crippen molar-refractivity contribution < 1.29 is 4.79 Å². The predicted octanol–water partition coefficient (Wildman–Crippen LogP) is 1.97. The smallest absolute Gasteiger partial charge is 0.255 e. The number of nitrogens with two attached hydrogens (primary N) is 1. The van der Waals surface area contributed by atoms with Crippen molar-refractivity contribution >= 4 is 11.7 Å². The van der Waals surface area contributed by atoms with Crippen molar-refractivity contribution in [3.63, 3.8) is 0 Å². The summed E-state index contributed by atoms with van der Waals surface area (Å²) in [6.45, 7) is 4.13. The van der Waals surface area contributed by atoms with E-state index >= 15 is 0 Å². The Morgan fingerprint density at radius 3 is 3.00 bits per heavy atom. The molecule has 1 amide bonds. The topological polar surface area (TPSA) is 68.0 Å². The van der Waals surface area contributed by atoms with E-state index in [1.165, 1.54) is 0 Å². The van der Waals surface area contributed by atoms with Crippen LogP contribution in [-0.4, -0.2) is 16.9 Å². The molecule has 1 heterocycles. The largest absolute Gasteiger partial charge is 0.383 e. The lowest BCUT2D eigenvalue weighted by Gasteiger charge is -2.13. The molecule has 0 aliphatic rings. The summed E-state index contributed by atoms with van der Waals surface area (Å²) in [5.41, 5.74) is 6.08. The van der Waals surface area contributed by atoms with E-state index in [0.29, 0.717) is 5.56 Å². The van der Waals surface area contributed by atoms with Crippen LogP contribution in [0.3, 0.4) is 0 Å². The number of hydrogen-bond donors (Lipinski definition) is 2. The average Bonchev–Trinajstić information content (AvgIpc) is 2.26. The quantitative estimate of drug-likeness (QED) is 0.798. The van der Waals surface area contributed by atoms with Gasteiger partial charge in [-0.25, -0.2) is 4.98 Å². The van der Waals surface area contributed by atoms with Gasteiger partial charge in [-0.05, 0) is 25.5 Å². The lowest BCUT2D eigenvalue weighted by Crippen LogP contribution is -2.33. The molecule has 0 spiro atoms. The summed E-state index contributed by atoms with van der Waals surface area (Å²) in [6, 6.07) is 3.57. The molecule has 0 saturated heterocycles. The molecule has 1 atom stereocenters. The van der Waals surface area contributed by atoms with Crippen LogP contribution in [-0.2, 0) is 0 Å². The number of carbonyl (C=O) groups excluding carboxylic acids is 1. The molecular weight excluding hydrogens is 202 g/mol. The standard InChI is InChI=1S/C12H19N3O/c1-3-4-6-9(2)15-12(16)10-7-5-8-14-11(10)13/h5,7-9H,3-4,6H2,1-2H3,(H2,13,14)(H,15,16). The Bertz CT molecular complexity index is 352. The third-order valence-corrected chi connectivity index (χ3v) is 2.45. The van der Waals surface area contributed by atoms with E-state index in [4.69, 9.17) is 5.73 Å². The molecule has 0 aliphatic heterocycles. The molecule has 1 rings (SSSR count). The molecule has 1 aromatic rings. The molecule has 4 nitrogen and oxygen atoms in total. The highest BCUT2D eigenvalue weighted by Crippen LogP contribution is 2.08. The van der Waals surface area contributed by atoms with Gasteiger partial charge in [-0.2, -0.15) is 0 Å². The molecule has 16 heavy (non-hydrogen) atoms. The fourth-order valence-corrected chi connectivity index (χ4v) is 1.49. The van der Waals surface area contributed by atoms with Crippen LogP contribution in [0.15, 0.2) is 18.3 Å². The SMILES string of the molecule is CCCCC(C)NC(=O)c1cccnc1N. The fraction of sp³-hybridized carbons (Fsp3) is 0.500. The maximum Gasteiger partial charge on any atom is 0.255 e. The molecular formula is C12H19N3O. The Balaban J connectivity index is 2.56. The first-order chi connectivity index (χ1) is 7.65. The first-order valence-electron chi connectivity index (χ1n) is 5.66. The number of nitrogen functional groups attached to an aromatic ring is 1. The van der Waals surface area contributed by atoms with E-state index in [0.717, 1.165) is 19.3 Å². The first kappa shape index (κ1) is 12.5. The second-order valence-corrected chi connectivity index (χ2v) is 3.95. The van der Waals surface area contributed by atoms with Gasteiger partial charge >= 0.3 is 0 Å². The van der Waals surface area contributed by atoms with Crippen molar-refractivity contribution in [2.24, 2.45) is 0 Å². The zero-order valence-corrected chi connectivity index (χ0v) is 9.86. The van der Waals surface area contributed by atoms with Gasteiger partial charge in [0.15, 0.2) is 0 Å². The van der Waals surface area contributed by atoms with Gasteiger partial charge in [-0.15, -0.1) is 0 Å². The zero-order valence-electron chi connectivity index (χ0n) is 9.86. The summed E-state index contributed by atoms with van der Waals surface area (Å²) in [4.78, 5) is 15.7. The number of rotatable bonds is 5. The number of amides is 1. The van der Waals surface area contributed by atoms with Gasteiger partial charge in [0.2, 0.25) is 0 Å². The normalized spacial score (nSPS) is 12.1. The third kappa shape index (κ3) is 3.53. The van der Waals surface area contributed by atoms with Gasteiger partial charge in [0.25, 0.3) is 5.91 Å². The summed E-state index contributed by atoms with van der Waals surface area (Å²) in [7, 11) is 0. The molecule has 4 heteroatoms. The van der Waals surface area contributed by atoms with Gasteiger partial charge in [-0.3, -0.25) is 4.79 Å². The lowest BCUT2D eigenvalue weighted by atomic mass is 10.1. The predicted molar refractivity (Wildman–Crippen MR) is 65.1 cm³/mol. The highest BCUT2D eigenvalue weighted by Gasteiger charge is 2.12. The fourth-order valence-electron chi connectivity index (χ4n) is 1.49. The average molecular weight is 221 g/mol. The van der Waals surface area contributed by atoms with Gasteiger partial charge in [-0.1, -0.05) is 19.8 Å². The van der Waals surface area contributed by atoms with Gasteiger partial charge in [0, 0.05) is 12.2 Å². The Hall–Kier alpha value is -1.58.